The van der Waals surface area contributed by atoms with Crippen molar-refractivity contribution < 1.29 is 0 Å². The van der Waals surface area contributed by atoms with Crippen LogP contribution in [-0.2, 0) is 32.2 Å². The smallest absolute Gasteiger partial charge is 0.193 e. The standard InChI is InChI=1S/C20H30N6.HI/c1-3-15-9-8-10-16(4-2)19(15)23-20(21)22-13-12-18-25-24-17-11-6-5-7-14-26(17)18;/h8-10H,3-7,11-14H2,1-2H3,(H3,21,22,23);1H. The first-order chi connectivity index (χ1) is 12.7. The minimum absolute atomic E-state index is 0. The molecule has 3 N–H and O–H groups in total. The van der Waals surface area contributed by atoms with Gasteiger partial charge in [0.1, 0.15) is 11.6 Å². The third kappa shape index (κ3) is 5.43. The van der Waals surface area contributed by atoms with Crippen LogP contribution in [0.4, 0.5) is 5.69 Å². The lowest BCUT2D eigenvalue weighted by Gasteiger charge is -2.14. The number of hydrogen-bond acceptors (Lipinski definition) is 3. The van der Waals surface area contributed by atoms with Crippen LogP contribution in [0.2, 0.25) is 0 Å². The lowest BCUT2D eigenvalue weighted by atomic mass is 10.0. The van der Waals surface area contributed by atoms with Crippen molar-refractivity contribution in [3.63, 3.8) is 0 Å². The van der Waals surface area contributed by atoms with Crippen LogP contribution in [0, 0.1) is 0 Å². The zero-order chi connectivity index (χ0) is 18.4. The van der Waals surface area contributed by atoms with Crippen molar-refractivity contribution in [2.24, 2.45) is 10.7 Å². The Morgan fingerprint density at radius 3 is 2.59 bits per heavy atom. The molecule has 1 aliphatic rings. The van der Waals surface area contributed by atoms with E-state index in [9.17, 15) is 0 Å². The first kappa shape index (κ1) is 21.7. The number of guanidine groups is 1. The van der Waals surface area contributed by atoms with E-state index in [1.54, 1.807) is 0 Å². The molecule has 0 amide bonds. The molecule has 0 spiro atoms. The molecule has 1 aliphatic heterocycles. The van der Waals surface area contributed by atoms with Crippen LogP contribution >= 0.6 is 24.0 Å². The van der Waals surface area contributed by atoms with E-state index in [0.29, 0.717) is 12.5 Å². The summed E-state index contributed by atoms with van der Waals surface area (Å²) in [6.45, 7) is 5.96. The number of nitrogens with one attached hydrogen (secondary N) is 1. The highest BCUT2D eigenvalue weighted by Gasteiger charge is 2.14. The van der Waals surface area contributed by atoms with E-state index in [0.717, 1.165) is 49.6 Å². The maximum absolute atomic E-state index is 6.15. The number of aromatic nitrogens is 3. The molecule has 0 radical (unpaired) electrons. The molecule has 6 nitrogen and oxygen atoms in total. The van der Waals surface area contributed by atoms with E-state index < -0.39 is 0 Å². The van der Waals surface area contributed by atoms with Crippen LogP contribution in [0.1, 0.15) is 55.9 Å². The van der Waals surface area contributed by atoms with Gasteiger partial charge in [0, 0.05) is 31.6 Å². The van der Waals surface area contributed by atoms with Crippen molar-refractivity contribution in [2.75, 3.05) is 11.9 Å². The Hall–Kier alpha value is -1.64. The monoisotopic (exact) mass is 482 g/mol. The molecule has 3 rings (SSSR count). The molecule has 1 aromatic carbocycles. The van der Waals surface area contributed by atoms with Gasteiger partial charge in [0.25, 0.3) is 0 Å². The molecule has 1 aromatic heterocycles. The van der Waals surface area contributed by atoms with E-state index in [1.165, 1.54) is 30.4 Å². The summed E-state index contributed by atoms with van der Waals surface area (Å²) in [4.78, 5) is 4.52. The Bertz CT molecular complexity index is 746. The summed E-state index contributed by atoms with van der Waals surface area (Å²) in [5.41, 5.74) is 9.80. The zero-order valence-corrected chi connectivity index (χ0v) is 18.7. The highest BCUT2D eigenvalue weighted by atomic mass is 127. The topological polar surface area (TPSA) is 81.1 Å². The van der Waals surface area contributed by atoms with Gasteiger partial charge in [-0.25, -0.2) is 0 Å². The molecular formula is C20H31IN6. The van der Waals surface area contributed by atoms with Crippen molar-refractivity contribution in [1.29, 1.82) is 0 Å². The largest absolute Gasteiger partial charge is 0.370 e. The number of para-hydroxylation sites is 1. The number of aryl methyl sites for hydroxylation is 3. The van der Waals surface area contributed by atoms with Crippen molar-refractivity contribution in [1.82, 2.24) is 14.8 Å². The number of anilines is 1. The number of nitrogens with zero attached hydrogens (tertiary/aromatic N) is 4. The molecule has 7 heteroatoms. The van der Waals surface area contributed by atoms with Gasteiger partial charge < -0.3 is 15.6 Å². The number of nitrogens with two attached hydrogens (primary N) is 1. The first-order valence-corrected chi connectivity index (χ1v) is 9.81. The molecule has 2 aromatic rings. The Morgan fingerprint density at radius 2 is 1.89 bits per heavy atom. The lowest BCUT2D eigenvalue weighted by Crippen LogP contribution is -2.24. The molecule has 0 unspecified atom stereocenters. The summed E-state index contributed by atoms with van der Waals surface area (Å²) in [6, 6.07) is 6.38. The molecule has 0 saturated carbocycles. The van der Waals surface area contributed by atoms with E-state index in [4.69, 9.17) is 5.73 Å². The Kier molecular flexibility index (Phi) is 8.53. The number of aliphatic imine (C=N–C) groups is 1. The number of fused-ring (bicyclic) bond motifs is 1. The fourth-order valence-corrected chi connectivity index (χ4v) is 3.58. The van der Waals surface area contributed by atoms with Gasteiger partial charge in [0.15, 0.2) is 5.96 Å². The van der Waals surface area contributed by atoms with Gasteiger partial charge in [-0.2, -0.15) is 0 Å². The van der Waals surface area contributed by atoms with E-state index >= 15 is 0 Å². The molecule has 0 aliphatic carbocycles. The number of hydrogen-bond donors (Lipinski definition) is 2. The van der Waals surface area contributed by atoms with E-state index in [2.05, 4.69) is 57.1 Å². The fourth-order valence-electron chi connectivity index (χ4n) is 3.58. The minimum Gasteiger partial charge on any atom is -0.370 e. The van der Waals surface area contributed by atoms with Gasteiger partial charge in [-0.1, -0.05) is 38.5 Å². The van der Waals surface area contributed by atoms with Crippen LogP contribution in [0.3, 0.4) is 0 Å². The van der Waals surface area contributed by atoms with Gasteiger partial charge in [-0.05, 0) is 36.8 Å². The second kappa shape index (κ2) is 10.6. The number of rotatable bonds is 6. The molecule has 27 heavy (non-hydrogen) atoms. The summed E-state index contributed by atoms with van der Waals surface area (Å²) >= 11 is 0. The highest BCUT2D eigenvalue weighted by molar-refractivity contribution is 14.0. The van der Waals surface area contributed by atoms with Crippen LogP contribution < -0.4 is 11.1 Å². The van der Waals surface area contributed by atoms with Gasteiger partial charge in [0.2, 0.25) is 0 Å². The first-order valence-electron chi connectivity index (χ1n) is 9.81. The van der Waals surface area contributed by atoms with Crippen LogP contribution in [0.5, 0.6) is 0 Å². The second-order valence-electron chi connectivity index (χ2n) is 6.80. The van der Waals surface area contributed by atoms with Crippen LogP contribution in [0.25, 0.3) is 0 Å². The highest BCUT2D eigenvalue weighted by Crippen LogP contribution is 2.22. The van der Waals surface area contributed by atoms with E-state index in [1.807, 2.05) is 0 Å². The van der Waals surface area contributed by atoms with Crippen molar-refractivity contribution in [3.8, 4) is 0 Å². The Balaban J connectivity index is 0.00000261. The average molecular weight is 482 g/mol. The van der Waals surface area contributed by atoms with Gasteiger partial charge in [-0.15, -0.1) is 34.2 Å². The zero-order valence-electron chi connectivity index (χ0n) is 16.4. The summed E-state index contributed by atoms with van der Waals surface area (Å²) < 4.78 is 2.27. The molecule has 148 valence electrons. The molecule has 0 atom stereocenters. The van der Waals surface area contributed by atoms with Gasteiger partial charge >= 0.3 is 0 Å². The molecule has 0 saturated heterocycles. The number of halogens is 1. The van der Waals surface area contributed by atoms with Gasteiger partial charge in [-0.3, -0.25) is 4.99 Å². The van der Waals surface area contributed by atoms with Gasteiger partial charge in [0.05, 0.1) is 0 Å². The second-order valence-corrected chi connectivity index (χ2v) is 6.80. The van der Waals surface area contributed by atoms with Crippen LogP contribution in [0.15, 0.2) is 23.2 Å². The molecule has 0 bridgehead atoms. The maximum atomic E-state index is 6.15. The summed E-state index contributed by atoms with van der Waals surface area (Å²) in [5, 5.41) is 12.0. The average Bonchev–Trinajstić information content (AvgIpc) is 2.88. The van der Waals surface area contributed by atoms with Crippen LogP contribution in [-0.4, -0.2) is 27.3 Å². The SMILES string of the molecule is CCc1cccc(CC)c1NC(N)=NCCc1nnc2n1CCCCC2.I. The summed E-state index contributed by atoms with van der Waals surface area (Å²) in [7, 11) is 0. The minimum atomic E-state index is 0. The number of benzene rings is 1. The Morgan fingerprint density at radius 1 is 1.15 bits per heavy atom. The predicted molar refractivity (Wildman–Crippen MR) is 122 cm³/mol. The third-order valence-electron chi connectivity index (χ3n) is 5.06. The summed E-state index contributed by atoms with van der Waals surface area (Å²) in [6.07, 6.45) is 7.43. The maximum Gasteiger partial charge on any atom is 0.193 e. The fraction of sp³-hybridized carbons (Fsp3) is 0.550. The van der Waals surface area contributed by atoms with Crippen molar-refractivity contribution in [3.05, 3.63) is 41.0 Å². The van der Waals surface area contributed by atoms with Crippen molar-refractivity contribution in [2.45, 2.75) is 65.3 Å². The normalized spacial score (nSPS) is 14.2. The lowest BCUT2D eigenvalue weighted by molar-refractivity contribution is 0.605. The van der Waals surface area contributed by atoms with Crippen molar-refractivity contribution >= 4 is 35.6 Å². The van der Waals surface area contributed by atoms with E-state index in [-0.39, 0.29) is 24.0 Å². The third-order valence-corrected chi connectivity index (χ3v) is 5.06. The molecule has 2 heterocycles. The Labute approximate surface area is 179 Å². The molecular weight excluding hydrogens is 451 g/mol. The molecule has 0 fully saturated rings. The quantitative estimate of drug-likeness (QED) is 0.374. The predicted octanol–water partition coefficient (Wildman–Crippen LogP) is 3.72. The summed E-state index contributed by atoms with van der Waals surface area (Å²) in [5.74, 6) is 2.62.